The number of carbonyl (C=O) groups is 1. The molecule has 0 saturated carbocycles. The van der Waals surface area contributed by atoms with Crippen LogP contribution in [-0.2, 0) is 11.2 Å². The van der Waals surface area contributed by atoms with E-state index >= 15 is 0 Å². The quantitative estimate of drug-likeness (QED) is 0.669. The SMILES string of the molecule is COc1ccc(CC(=O)N[C@@H](C)c2nc3ccccc3[nH]2)c(OC)c1OC. The highest BCUT2D eigenvalue weighted by molar-refractivity contribution is 5.81. The van der Waals surface area contributed by atoms with Gasteiger partial charge in [-0.25, -0.2) is 4.98 Å². The molecule has 3 rings (SSSR count). The van der Waals surface area contributed by atoms with Crippen LogP contribution in [0.25, 0.3) is 11.0 Å². The second kappa shape index (κ2) is 7.99. The van der Waals surface area contributed by atoms with E-state index in [1.54, 1.807) is 19.2 Å². The molecule has 0 aliphatic carbocycles. The molecule has 7 heteroatoms. The third-order valence-corrected chi connectivity index (χ3v) is 4.33. The molecule has 142 valence electrons. The van der Waals surface area contributed by atoms with Crippen LogP contribution in [0.2, 0.25) is 0 Å². The van der Waals surface area contributed by atoms with Crippen molar-refractivity contribution in [2.24, 2.45) is 0 Å². The van der Waals surface area contributed by atoms with Crippen molar-refractivity contribution in [2.75, 3.05) is 21.3 Å². The lowest BCUT2D eigenvalue weighted by Crippen LogP contribution is -2.28. The highest BCUT2D eigenvalue weighted by Gasteiger charge is 2.19. The van der Waals surface area contributed by atoms with E-state index in [0.717, 1.165) is 11.0 Å². The number of imidazole rings is 1. The molecule has 0 radical (unpaired) electrons. The van der Waals surface area contributed by atoms with Gasteiger partial charge in [-0.3, -0.25) is 4.79 Å². The molecule has 3 aromatic rings. The number of aromatic nitrogens is 2. The van der Waals surface area contributed by atoms with Crippen LogP contribution in [0, 0.1) is 0 Å². The van der Waals surface area contributed by atoms with Gasteiger partial charge in [-0.05, 0) is 25.1 Å². The van der Waals surface area contributed by atoms with Crippen LogP contribution in [0.4, 0.5) is 0 Å². The maximum Gasteiger partial charge on any atom is 0.225 e. The molecule has 0 saturated heterocycles. The van der Waals surface area contributed by atoms with Crippen molar-refractivity contribution in [3.8, 4) is 17.2 Å². The predicted octanol–water partition coefficient (Wildman–Crippen LogP) is 3.01. The van der Waals surface area contributed by atoms with Crippen LogP contribution in [-0.4, -0.2) is 37.2 Å². The largest absolute Gasteiger partial charge is 0.493 e. The van der Waals surface area contributed by atoms with E-state index in [1.807, 2.05) is 31.2 Å². The average Bonchev–Trinajstić information content (AvgIpc) is 3.11. The van der Waals surface area contributed by atoms with Crippen LogP contribution >= 0.6 is 0 Å². The molecule has 0 bridgehead atoms. The first-order valence-corrected chi connectivity index (χ1v) is 8.59. The summed E-state index contributed by atoms with van der Waals surface area (Å²) in [6.07, 6.45) is 0.147. The number of rotatable bonds is 7. The van der Waals surface area contributed by atoms with Crippen molar-refractivity contribution in [1.82, 2.24) is 15.3 Å². The molecule has 27 heavy (non-hydrogen) atoms. The van der Waals surface area contributed by atoms with Crippen molar-refractivity contribution >= 4 is 16.9 Å². The summed E-state index contributed by atoms with van der Waals surface area (Å²) in [7, 11) is 4.63. The lowest BCUT2D eigenvalue weighted by Gasteiger charge is -2.16. The van der Waals surface area contributed by atoms with Gasteiger partial charge in [-0.15, -0.1) is 0 Å². The van der Waals surface area contributed by atoms with E-state index in [2.05, 4.69) is 15.3 Å². The number of methoxy groups -OCH3 is 3. The number of aromatic amines is 1. The van der Waals surface area contributed by atoms with Crippen molar-refractivity contribution in [3.05, 3.63) is 47.8 Å². The topological polar surface area (TPSA) is 85.5 Å². The number of hydrogen-bond donors (Lipinski definition) is 2. The van der Waals surface area contributed by atoms with Gasteiger partial charge in [0.1, 0.15) is 5.82 Å². The van der Waals surface area contributed by atoms with Crippen molar-refractivity contribution in [1.29, 1.82) is 0 Å². The zero-order valence-electron chi connectivity index (χ0n) is 15.8. The average molecular weight is 369 g/mol. The first-order valence-electron chi connectivity index (χ1n) is 8.59. The first kappa shape index (κ1) is 18.6. The minimum Gasteiger partial charge on any atom is -0.493 e. The van der Waals surface area contributed by atoms with Gasteiger partial charge in [0, 0.05) is 5.56 Å². The van der Waals surface area contributed by atoms with Crippen LogP contribution in [0.5, 0.6) is 17.2 Å². The van der Waals surface area contributed by atoms with E-state index in [-0.39, 0.29) is 18.4 Å². The second-order valence-electron chi connectivity index (χ2n) is 6.10. The van der Waals surface area contributed by atoms with Gasteiger partial charge in [0.2, 0.25) is 11.7 Å². The monoisotopic (exact) mass is 369 g/mol. The fourth-order valence-corrected chi connectivity index (χ4v) is 3.01. The van der Waals surface area contributed by atoms with Crippen LogP contribution in [0.15, 0.2) is 36.4 Å². The molecule has 0 aliphatic heterocycles. The van der Waals surface area contributed by atoms with Crippen molar-refractivity contribution in [3.63, 3.8) is 0 Å². The second-order valence-corrected chi connectivity index (χ2v) is 6.10. The summed E-state index contributed by atoms with van der Waals surface area (Å²) in [5.74, 6) is 2.07. The van der Waals surface area contributed by atoms with Gasteiger partial charge >= 0.3 is 0 Å². The van der Waals surface area contributed by atoms with Gasteiger partial charge in [-0.1, -0.05) is 18.2 Å². The number of hydrogen-bond acceptors (Lipinski definition) is 5. The number of amides is 1. The fraction of sp³-hybridized carbons (Fsp3) is 0.300. The summed E-state index contributed by atoms with van der Waals surface area (Å²) >= 11 is 0. The fourth-order valence-electron chi connectivity index (χ4n) is 3.01. The van der Waals surface area contributed by atoms with Gasteiger partial charge in [0.05, 0.1) is 44.8 Å². The number of H-pyrrole nitrogens is 1. The van der Waals surface area contributed by atoms with E-state index in [0.29, 0.717) is 28.6 Å². The Morgan fingerprint density at radius 2 is 1.81 bits per heavy atom. The van der Waals surface area contributed by atoms with Crippen molar-refractivity contribution < 1.29 is 19.0 Å². The number of ether oxygens (including phenoxy) is 3. The summed E-state index contributed by atoms with van der Waals surface area (Å²) in [5, 5.41) is 2.96. The molecule has 0 fully saturated rings. The zero-order chi connectivity index (χ0) is 19.4. The number of nitrogens with zero attached hydrogens (tertiary/aromatic N) is 1. The Hall–Kier alpha value is -3.22. The van der Waals surface area contributed by atoms with E-state index < -0.39 is 0 Å². The molecular formula is C20H23N3O4. The number of nitrogens with one attached hydrogen (secondary N) is 2. The predicted molar refractivity (Wildman–Crippen MR) is 102 cm³/mol. The van der Waals surface area contributed by atoms with Gasteiger partial charge in [0.15, 0.2) is 11.5 Å². The third-order valence-electron chi connectivity index (χ3n) is 4.33. The standard InChI is InChI=1S/C20H23N3O4/c1-12(20-22-14-7-5-6-8-15(14)23-20)21-17(24)11-13-9-10-16(25-2)19(27-4)18(13)26-3/h5-10,12H,11H2,1-4H3,(H,21,24)(H,22,23)/t12-/m0/s1. The molecule has 2 aromatic carbocycles. The summed E-state index contributed by atoms with van der Waals surface area (Å²) < 4.78 is 16.1. The minimum atomic E-state index is -0.254. The van der Waals surface area contributed by atoms with Crippen LogP contribution < -0.4 is 19.5 Å². The number of para-hydroxylation sites is 2. The summed E-state index contributed by atoms with van der Waals surface area (Å²) in [6.45, 7) is 1.89. The third kappa shape index (κ3) is 3.81. The Kier molecular flexibility index (Phi) is 5.49. The Morgan fingerprint density at radius 1 is 1.07 bits per heavy atom. The Balaban J connectivity index is 1.75. The zero-order valence-corrected chi connectivity index (χ0v) is 15.8. The molecule has 1 heterocycles. The summed E-state index contributed by atoms with van der Waals surface area (Å²) in [5.41, 5.74) is 2.52. The Bertz CT molecular complexity index is 919. The molecule has 1 amide bonds. The normalized spacial score (nSPS) is 11.9. The van der Waals surface area contributed by atoms with Gasteiger partial charge < -0.3 is 24.5 Å². The maximum atomic E-state index is 12.6. The van der Waals surface area contributed by atoms with Gasteiger partial charge in [0.25, 0.3) is 0 Å². The molecule has 1 atom stereocenters. The molecule has 1 aromatic heterocycles. The smallest absolute Gasteiger partial charge is 0.225 e. The van der Waals surface area contributed by atoms with Crippen LogP contribution in [0.3, 0.4) is 0 Å². The van der Waals surface area contributed by atoms with Gasteiger partial charge in [-0.2, -0.15) is 0 Å². The lowest BCUT2D eigenvalue weighted by molar-refractivity contribution is -0.121. The lowest BCUT2D eigenvalue weighted by atomic mass is 10.1. The summed E-state index contributed by atoms with van der Waals surface area (Å²) in [6, 6.07) is 11.1. The highest BCUT2D eigenvalue weighted by Crippen LogP contribution is 2.39. The van der Waals surface area contributed by atoms with E-state index in [4.69, 9.17) is 14.2 Å². The molecule has 2 N–H and O–H groups in total. The molecule has 0 aliphatic rings. The molecule has 0 unspecified atom stereocenters. The summed E-state index contributed by atoms with van der Waals surface area (Å²) in [4.78, 5) is 20.3. The number of fused-ring (bicyclic) bond motifs is 1. The minimum absolute atomic E-state index is 0.145. The maximum absolute atomic E-state index is 12.6. The molecule has 7 nitrogen and oxygen atoms in total. The first-order chi connectivity index (χ1) is 13.1. The molecular weight excluding hydrogens is 346 g/mol. The van der Waals surface area contributed by atoms with Crippen LogP contribution in [0.1, 0.15) is 24.4 Å². The molecule has 0 spiro atoms. The highest BCUT2D eigenvalue weighted by atomic mass is 16.5. The van der Waals surface area contributed by atoms with Crippen molar-refractivity contribution in [2.45, 2.75) is 19.4 Å². The van der Waals surface area contributed by atoms with E-state index in [1.165, 1.54) is 14.2 Å². The number of benzene rings is 2. The Labute approximate surface area is 157 Å². The number of carbonyl (C=O) groups excluding carboxylic acids is 1. The van der Waals surface area contributed by atoms with E-state index in [9.17, 15) is 4.79 Å². The Morgan fingerprint density at radius 3 is 2.48 bits per heavy atom.